The van der Waals surface area contributed by atoms with Gasteiger partial charge in [0.25, 0.3) is 0 Å². The molecule has 0 saturated carbocycles. The van der Waals surface area contributed by atoms with E-state index in [1.165, 1.54) is 0 Å². The summed E-state index contributed by atoms with van der Waals surface area (Å²) in [5.41, 5.74) is 8.68. The van der Waals surface area contributed by atoms with Crippen molar-refractivity contribution in [2.75, 3.05) is 19.5 Å². The Hall–Kier alpha value is -3.02. The Balaban J connectivity index is 0.000000331. The summed E-state index contributed by atoms with van der Waals surface area (Å²) < 4.78 is 4.91. The molecule has 0 aromatic heterocycles. The van der Waals surface area contributed by atoms with Gasteiger partial charge in [0.1, 0.15) is 5.75 Å². The van der Waals surface area contributed by atoms with Crippen LogP contribution in [-0.2, 0) is 0 Å². The Morgan fingerprint density at radius 3 is 1.75 bits per heavy atom. The first-order chi connectivity index (χ1) is 11.5. The smallest absolute Gasteiger partial charge is 0.332 e. The number of methoxy groups -OCH3 is 1. The number of para-hydroxylation sites is 2. The number of anilines is 1. The maximum Gasteiger partial charge on any atom is 0.332 e. The van der Waals surface area contributed by atoms with Gasteiger partial charge in [-0.15, -0.1) is 0 Å². The Morgan fingerprint density at radius 2 is 1.50 bits per heavy atom. The third-order valence-electron chi connectivity index (χ3n) is 2.43. The van der Waals surface area contributed by atoms with Gasteiger partial charge in [-0.2, -0.15) is 5.10 Å². The summed E-state index contributed by atoms with van der Waals surface area (Å²) >= 11 is 0. The lowest BCUT2D eigenvalue weighted by atomic mass is 10.3. The summed E-state index contributed by atoms with van der Waals surface area (Å²) in [6.45, 7) is 3.52. The maximum absolute atomic E-state index is 9.91. The first-order valence-corrected chi connectivity index (χ1v) is 7.37. The average Bonchev–Trinajstić information content (AvgIpc) is 2.62. The summed E-state index contributed by atoms with van der Waals surface area (Å²) in [7, 11) is 3.57. The van der Waals surface area contributed by atoms with Gasteiger partial charge in [0.15, 0.2) is 0 Å². The first kappa shape index (κ1) is 21.0. The predicted molar refractivity (Wildman–Crippen MR) is 100 cm³/mol. The number of nitrogens with one attached hydrogen (secondary N) is 2. The molecule has 0 aliphatic rings. The van der Waals surface area contributed by atoms with Crippen LogP contribution in [0.25, 0.3) is 0 Å². The number of ether oxygens (including phenoxy) is 1. The lowest BCUT2D eigenvalue weighted by Gasteiger charge is -1.94. The second kappa shape index (κ2) is 13.6. The number of nitrogens with zero attached hydrogens (tertiary/aromatic N) is 1. The molecule has 4 N–H and O–H groups in total. The molecule has 0 aliphatic heterocycles. The van der Waals surface area contributed by atoms with E-state index in [2.05, 4.69) is 21.6 Å². The highest BCUT2D eigenvalue weighted by Gasteiger charge is 1.83. The summed E-state index contributed by atoms with van der Waals surface area (Å²) in [5, 5.41) is 6.54. The molecule has 2 aromatic carbocycles. The van der Waals surface area contributed by atoms with Crippen LogP contribution < -0.4 is 21.2 Å². The molecule has 24 heavy (non-hydrogen) atoms. The number of rotatable bonds is 3. The molecule has 0 atom stereocenters. The minimum atomic E-state index is -0.633. The number of amides is 2. The summed E-state index contributed by atoms with van der Waals surface area (Å²) in [6, 6.07) is 19.1. The minimum Gasteiger partial charge on any atom is -0.497 e. The molecule has 0 spiro atoms. The maximum atomic E-state index is 9.91. The van der Waals surface area contributed by atoms with Crippen molar-refractivity contribution in [1.29, 1.82) is 0 Å². The number of nitrogens with two attached hydrogens (primary N) is 1. The van der Waals surface area contributed by atoms with Crippen molar-refractivity contribution < 1.29 is 9.53 Å². The lowest BCUT2D eigenvalue weighted by molar-refractivity contribution is 0.249. The molecule has 6 nitrogen and oxygen atoms in total. The fourth-order valence-corrected chi connectivity index (χ4v) is 1.33. The molecule has 0 bridgehead atoms. The van der Waals surface area contributed by atoms with Crippen LogP contribution in [0.2, 0.25) is 0 Å². The van der Waals surface area contributed by atoms with Gasteiger partial charge in [0.05, 0.1) is 7.11 Å². The molecule has 0 heterocycles. The van der Waals surface area contributed by atoms with E-state index in [1.807, 2.05) is 67.7 Å². The zero-order valence-corrected chi connectivity index (χ0v) is 14.6. The van der Waals surface area contributed by atoms with Crippen LogP contribution in [0.15, 0.2) is 65.8 Å². The van der Waals surface area contributed by atoms with Crippen LogP contribution in [0, 0.1) is 0 Å². The van der Waals surface area contributed by atoms with Gasteiger partial charge in [-0.1, -0.05) is 36.4 Å². The van der Waals surface area contributed by atoms with Gasteiger partial charge < -0.3 is 15.8 Å². The van der Waals surface area contributed by atoms with Gasteiger partial charge in [0.2, 0.25) is 0 Å². The Morgan fingerprint density at radius 1 is 1.00 bits per heavy atom. The molecule has 0 saturated heterocycles. The largest absolute Gasteiger partial charge is 0.497 e. The van der Waals surface area contributed by atoms with Crippen molar-refractivity contribution in [2.24, 2.45) is 10.8 Å². The zero-order valence-electron chi connectivity index (χ0n) is 14.6. The SMILES string of the molecule is CC(C)=NNC(N)=O.CNc1ccccc1.COc1ccccc1. The third-order valence-corrected chi connectivity index (χ3v) is 2.43. The van der Waals surface area contributed by atoms with Crippen LogP contribution in [0.1, 0.15) is 13.8 Å². The number of urea groups is 1. The van der Waals surface area contributed by atoms with Gasteiger partial charge in [-0.05, 0) is 38.1 Å². The van der Waals surface area contributed by atoms with Crippen molar-refractivity contribution in [3.05, 3.63) is 60.7 Å². The van der Waals surface area contributed by atoms with E-state index in [0.29, 0.717) is 0 Å². The minimum absolute atomic E-state index is 0.633. The molecule has 0 unspecified atom stereocenters. The van der Waals surface area contributed by atoms with Crippen molar-refractivity contribution in [3.8, 4) is 5.75 Å². The summed E-state index contributed by atoms with van der Waals surface area (Å²) in [4.78, 5) is 9.91. The molecular formula is C18H26N4O2. The third kappa shape index (κ3) is 12.7. The van der Waals surface area contributed by atoms with Crippen molar-refractivity contribution >= 4 is 17.4 Å². The fourth-order valence-electron chi connectivity index (χ4n) is 1.33. The molecule has 130 valence electrons. The van der Waals surface area contributed by atoms with Gasteiger partial charge in [0, 0.05) is 18.4 Å². The number of carbonyl (C=O) groups is 1. The topological polar surface area (TPSA) is 88.7 Å². The van der Waals surface area contributed by atoms with E-state index in [4.69, 9.17) is 4.74 Å². The molecule has 0 aliphatic carbocycles. The number of primary amides is 1. The Labute approximate surface area is 143 Å². The van der Waals surface area contributed by atoms with E-state index in [-0.39, 0.29) is 0 Å². The van der Waals surface area contributed by atoms with Crippen molar-refractivity contribution in [2.45, 2.75) is 13.8 Å². The number of benzene rings is 2. The van der Waals surface area contributed by atoms with Gasteiger partial charge >= 0.3 is 6.03 Å². The predicted octanol–water partition coefficient (Wildman–Crippen LogP) is 3.47. The van der Waals surface area contributed by atoms with E-state index >= 15 is 0 Å². The highest BCUT2D eigenvalue weighted by molar-refractivity contribution is 5.81. The lowest BCUT2D eigenvalue weighted by Crippen LogP contribution is -2.24. The number of hydrogen-bond acceptors (Lipinski definition) is 4. The van der Waals surface area contributed by atoms with E-state index < -0.39 is 6.03 Å². The van der Waals surface area contributed by atoms with Crippen LogP contribution in [0.4, 0.5) is 10.5 Å². The molecule has 2 aromatic rings. The van der Waals surface area contributed by atoms with Crippen molar-refractivity contribution in [1.82, 2.24) is 5.43 Å². The molecule has 6 heteroatoms. The first-order valence-electron chi connectivity index (χ1n) is 7.37. The zero-order chi connectivity index (χ0) is 18.2. The Bertz CT molecular complexity index is 543. The molecule has 0 fully saturated rings. The summed E-state index contributed by atoms with van der Waals surface area (Å²) in [5.74, 6) is 0.910. The van der Waals surface area contributed by atoms with Gasteiger partial charge in [-0.25, -0.2) is 10.2 Å². The van der Waals surface area contributed by atoms with Crippen LogP contribution >= 0.6 is 0 Å². The van der Waals surface area contributed by atoms with Crippen LogP contribution in [0.5, 0.6) is 5.75 Å². The van der Waals surface area contributed by atoms with Gasteiger partial charge in [-0.3, -0.25) is 0 Å². The fraction of sp³-hybridized carbons (Fsp3) is 0.222. The molecule has 0 radical (unpaired) electrons. The van der Waals surface area contributed by atoms with Crippen LogP contribution in [-0.4, -0.2) is 25.9 Å². The summed E-state index contributed by atoms with van der Waals surface area (Å²) in [6.07, 6.45) is 0. The van der Waals surface area contributed by atoms with Crippen LogP contribution in [0.3, 0.4) is 0 Å². The molecule has 2 amide bonds. The average molecular weight is 330 g/mol. The quantitative estimate of drug-likeness (QED) is 0.594. The van der Waals surface area contributed by atoms with Crippen molar-refractivity contribution in [3.63, 3.8) is 0 Å². The van der Waals surface area contributed by atoms with E-state index in [9.17, 15) is 4.79 Å². The number of hydrogen-bond donors (Lipinski definition) is 3. The molecule has 2 rings (SSSR count). The monoisotopic (exact) mass is 330 g/mol. The number of carbonyl (C=O) groups excluding carboxylic acids is 1. The standard InChI is InChI=1S/C7H9N.C7H8O.C4H9N3O/c2*1-8-7-5-3-2-4-6-7;1-3(2)6-7-4(5)8/h2-6,8H,1H3;2-6H,1H3;1-2H3,(H3,5,7,8). The highest BCUT2D eigenvalue weighted by Crippen LogP contribution is 2.05. The normalized spacial score (nSPS) is 8.33. The van der Waals surface area contributed by atoms with E-state index in [0.717, 1.165) is 17.1 Å². The second-order valence-corrected chi connectivity index (χ2v) is 4.67. The Kier molecular flexibility index (Phi) is 11.9. The number of hydrazone groups is 1. The van der Waals surface area contributed by atoms with E-state index in [1.54, 1.807) is 21.0 Å². The molecular weight excluding hydrogens is 304 g/mol. The second-order valence-electron chi connectivity index (χ2n) is 4.67. The highest BCUT2D eigenvalue weighted by atomic mass is 16.5.